The Balaban J connectivity index is 1.73. The van der Waals surface area contributed by atoms with Crippen LogP contribution >= 0.6 is 11.8 Å². The number of pyridine rings is 1. The second kappa shape index (κ2) is 8.27. The Morgan fingerprint density at radius 1 is 1.27 bits per heavy atom. The summed E-state index contributed by atoms with van der Waals surface area (Å²) < 4.78 is 41.9. The minimum atomic E-state index is -0.655. The summed E-state index contributed by atoms with van der Waals surface area (Å²) in [6.07, 6.45) is 2.44. The lowest BCUT2D eigenvalue weighted by Crippen LogP contribution is -2.24. The molecule has 0 bridgehead atoms. The second-order valence-corrected chi connectivity index (χ2v) is 8.30. The number of aryl methyl sites for hydroxylation is 1. The summed E-state index contributed by atoms with van der Waals surface area (Å²) in [5, 5.41) is 3.88. The number of halogens is 2. The Morgan fingerprint density at radius 3 is 2.73 bits per heavy atom. The smallest absolute Gasteiger partial charge is 0.231 e. The number of hydrogen-bond donors (Lipinski definition) is 2. The number of nitrogens with one attached hydrogen (secondary N) is 1. The molecule has 0 saturated heterocycles. The molecule has 0 unspecified atom stereocenters. The number of nitrogens with zero attached hydrogens (tertiary/aromatic N) is 3. The van der Waals surface area contributed by atoms with Gasteiger partial charge in [0.25, 0.3) is 0 Å². The molecule has 0 fully saturated rings. The zero-order valence-electron chi connectivity index (χ0n) is 17.0. The SMILES string of the molecule is Cc1c(F)c2c(c(F)c1Sc1nc3c(N)nccc3n1CCCNC(C)C)OCO2. The van der Waals surface area contributed by atoms with Gasteiger partial charge < -0.3 is 25.1 Å². The van der Waals surface area contributed by atoms with E-state index in [-0.39, 0.29) is 28.8 Å². The lowest BCUT2D eigenvalue weighted by atomic mass is 10.2. The first-order chi connectivity index (χ1) is 14.4. The van der Waals surface area contributed by atoms with E-state index in [9.17, 15) is 4.39 Å². The van der Waals surface area contributed by atoms with Crippen LogP contribution < -0.4 is 20.5 Å². The van der Waals surface area contributed by atoms with E-state index in [1.165, 1.54) is 6.92 Å². The molecule has 0 spiro atoms. The average Bonchev–Trinajstić information content (AvgIpc) is 3.33. The number of nitrogens with two attached hydrogens (primary N) is 1. The molecule has 10 heteroatoms. The standard InChI is InChI=1S/C20H23F2N5O2S/c1-10(2)24-6-4-8-27-12-5-7-25-19(23)15(12)26-20(27)30-18-11(3)13(21)16-17(14(18)22)29-9-28-16/h5,7,10,24H,4,6,8-9H2,1-3H3,(H2,23,25). The minimum absolute atomic E-state index is 0.111. The fraction of sp³-hybridized carbons (Fsp3) is 0.400. The molecule has 30 heavy (non-hydrogen) atoms. The van der Waals surface area contributed by atoms with Crippen LogP contribution in [0.15, 0.2) is 22.3 Å². The Hall–Kier alpha value is -2.59. The molecule has 1 aliphatic rings. The molecule has 4 rings (SSSR count). The fourth-order valence-electron chi connectivity index (χ4n) is 3.33. The van der Waals surface area contributed by atoms with Crippen LogP contribution in [0.1, 0.15) is 25.8 Å². The van der Waals surface area contributed by atoms with Crippen LogP contribution in [0.4, 0.5) is 14.6 Å². The molecule has 0 atom stereocenters. The number of ether oxygens (including phenoxy) is 2. The van der Waals surface area contributed by atoms with Gasteiger partial charge >= 0.3 is 0 Å². The van der Waals surface area contributed by atoms with Gasteiger partial charge in [0.05, 0.1) is 10.4 Å². The van der Waals surface area contributed by atoms with Crippen molar-refractivity contribution < 1.29 is 18.3 Å². The maximum atomic E-state index is 15.1. The predicted molar refractivity (Wildman–Crippen MR) is 111 cm³/mol. The van der Waals surface area contributed by atoms with Crippen molar-refractivity contribution in [3.8, 4) is 11.5 Å². The number of aromatic nitrogens is 3. The van der Waals surface area contributed by atoms with Crippen LogP contribution in [0.25, 0.3) is 11.0 Å². The fourth-order valence-corrected chi connectivity index (χ4v) is 4.37. The largest absolute Gasteiger partial charge is 0.450 e. The van der Waals surface area contributed by atoms with E-state index < -0.39 is 11.6 Å². The lowest BCUT2D eigenvalue weighted by molar-refractivity contribution is 0.168. The van der Waals surface area contributed by atoms with E-state index in [0.29, 0.717) is 29.1 Å². The van der Waals surface area contributed by atoms with Gasteiger partial charge in [-0.2, -0.15) is 0 Å². The molecule has 7 nitrogen and oxygen atoms in total. The summed E-state index contributed by atoms with van der Waals surface area (Å²) in [5.74, 6) is -1.38. The third-order valence-electron chi connectivity index (χ3n) is 4.85. The number of hydrogen-bond acceptors (Lipinski definition) is 7. The number of rotatable bonds is 7. The van der Waals surface area contributed by atoms with Crippen molar-refractivity contribution in [2.75, 3.05) is 19.1 Å². The molecule has 1 aromatic carbocycles. The molecular formula is C20H23F2N5O2S. The van der Waals surface area contributed by atoms with Crippen molar-refractivity contribution in [3.05, 3.63) is 29.5 Å². The van der Waals surface area contributed by atoms with Crippen molar-refractivity contribution in [2.24, 2.45) is 0 Å². The number of imidazole rings is 1. The molecule has 0 radical (unpaired) electrons. The summed E-state index contributed by atoms with van der Waals surface area (Å²) in [7, 11) is 0. The van der Waals surface area contributed by atoms with Crippen molar-refractivity contribution >= 4 is 28.6 Å². The summed E-state index contributed by atoms with van der Waals surface area (Å²) >= 11 is 1.04. The van der Waals surface area contributed by atoms with Gasteiger partial charge in [0.2, 0.25) is 18.3 Å². The monoisotopic (exact) mass is 435 g/mol. The van der Waals surface area contributed by atoms with Crippen LogP contribution in [-0.2, 0) is 6.54 Å². The molecule has 0 amide bonds. The average molecular weight is 436 g/mol. The minimum Gasteiger partial charge on any atom is -0.450 e. The topological polar surface area (TPSA) is 87.2 Å². The Bertz CT molecular complexity index is 1100. The van der Waals surface area contributed by atoms with E-state index in [0.717, 1.165) is 30.2 Å². The maximum Gasteiger partial charge on any atom is 0.231 e. The maximum absolute atomic E-state index is 15.1. The van der Waals surface area contributed by atoms with E-state index >= 15 is 4.39 Å². The van der Waals surface area contributed by atoms with Gasteiger partial charge in [0.15, 0.2) is 22.6 Å². The van der Waals surface area contributed by atoms with Crippen LogP contribution in [0.2, 0.25) is 0 Å². The van der Waals surface area contributed by atoms with Crippen molar-refractivity contribution in [3.63, 3.8) is 0 Å². The summed E-state index contributed by atoms with van der Waals surface area (Å²) in [4.78, 5) is 8.79. The van der Waals surface area contributed by atoms with Gasteiger partial charge in [-0.1, -0.05) is 13.8 Å². The molecule has 3 aromatic rings. The molecule has 0 aliphatic carbocycles. The first kappa shape index (κ1) is 20.7. The van der Waals surface area contributed by atoms with Crippen LogP contribution in [-0.4, -0.2) is 33.9 Å². The van der Waals surface area contributed by atoms with Gasteiger partial charge in [-0.25, -0.2) is 18.7 Å². The molecule has 3 N–H and O–H groups in total. The molecule has 0 saturated carbocycles. The van der Waals surface area contributed by atoms with Crippen molar-refractivity contribution in [2.45, 2.75) is 49.8 Å². The highest BCUT2D eigenvalue weighted by Crippen LogP contribution is 2.46. The Kier molecular flexibility index (Phi) is 5.70. The van der Waals surface area contributed by atoms with Gasteiger partial charge in [0, 0.05) is 24.3 Å². The summed E-state index contributed by atoms with van der Waals surface area (Å²) in [6, 6.07) is 2.20. The van der Waals surface area contributed by atoms with Gasteiger partial charge in [-0.3, -0.25) is 0 Å². The highest BCUT2D eigenvalue weighted by Gasteiger charge is 2.30. The number of fused-ring (bicyclic) bond motifs is 2. The highest BCUT2D eigenvalue weighted by atomic mass is 32.2. The highest BCUT2D eigenvalue weighted by molar-refractivity contribution is 7.99. The third-order valence-corrected chi connectivity index (χ3v) is 6.03. The van der Waals surface area contributed by atoms with E-state index in [1.54, 1.807) is 6.20 Å². The first-order valence-electron chi connectivity index (χ1n) is 9.67. The predicted octanol–water partition coefficient (Wildman–Crippen LogP) is 3.87. The molecule has 160 valence electrons. The Labute approximate surface area is 177 Å². The van der Waals surface area contributed by atoms with Gasteiger partial charge in [-0.15, -0.1) is 0 Å². The molecule has 2 aromatic heterocycles. The van der Waals surface area contributed by atoms with Crippen molar-refractivity contribution in [1.29, 1.82) is 0 Å². The first-order valence-corrected chi connectivity index (χ1v) is 10.5. The van der Waals surface area contributed by atoms with Crippen molar-refractivity contribution in [1.82, 2.24) is 19.9 Å². The lowest BCUT2D eigenvalue weighted by Gasteiger charge is -2.13. The Morgan fingerprint density at radius 2 is 2.00 bits per heavy atom. The number of nitrogen functional groups attached to an aromatic ring is 1. The number of benzene rings is 1. The normalized spacial score (nSPS) is 13.0. The van der Waals surface area contributed by atoms with Gasteiger partial charge in [0.1, 0.15) is 5.52 Å². The van der Waals surface area contributed by atoms with Crippen LogP contribution in [0.5, 0.6) is 11.5 Å². The zero-order chi connectivity index (χ0) is 21.4. The van der Waals surface area contributed by atoms with E-state index in [2.05, 4.69) is 29.1 Å². The van der Waals surface area contributed by atoms with Gasteiger partial charge in [-0.05, 0) is 37.7 Å². The second-order valence-electron chi connectivity index (χ2n) is 7.32. The van der Waals surface area contributed by atoms with E-state index in [4.69, 9.17) is 15.2 Å². The molecule has 3 heterocycles. The quantitative estimate of drug-likeness (QED) is 0.545. The zero-order valence-corrected chi connectivity index (χ0v) is 17.8. The van der Waals surface area contributed by atoms with E-state index in [1.807, 2.05) is 10.6 Å². The molecule has 1 aliphatic heterocycles. The third kappa shape index (κ3) is 3.65. The summed E-state index contributed by atoms with van der Waals surface area (Å²) in [6.45, 7) is 6.92. The summed E-state index contributed by atoms with van der Waals surface area (Å²) in [5.41, 5.74) is 7.49. The van der Waals surface area contributed by atoms with Crippen LogP contribution in [0.3, 0.4) is 0 Å². The molecular weight excluding hydrogens is 412 g/mol. The number of anilines is 1. The van der Waals surface area contributed by atoms with Crippen LogP contribution in [0, 0.1) is 18.6 Å².